The molecule has 0 unspecified atom stereocenters. The predicted molar refractivity (Wildman–Crippen MR) is 110 cm³/mol. The number of pyridine rings is 1. The summed E-state index contributed by atoms with van der Waals surface area (Å²) in [6, 6.07) is 4.63. The summed E-state index contributed by atoms with van der Waals surface area (Å²) in [5.41, 5.74) is 1.70. The summed E-state index contributed by atoms with van der Waals surface area (Å²) < 4.78 is 13.8. The average Bonchev–Trinajstić information content (AvgIpc) is 2.66. The van der Waals surface area contributed by atoms with Crippen molar-refractivity contribution in [3.8, 4) is 0 Å². The van der Waals surface area contributed by atoms with E-state index in [1.54, 1.807) is 0 Å². The van der Waals surface area contributed by atoms with Crippen LogP contribution in [0.2, 0.25) is 0 Å². The van der Waals surface area contributed by atoms with Gasteiger partial charge in [-0.3, -0.25) is 0 Å². The molecule has 0 spiro atoms. The first-order valence-corrected chi connectivity index (χ1v) is 11.1. The third kappa shape index (κ3) is 4.52. The maximum Gasteiger partial charge on any atom is 0.171 e. The summed E-state index contributed by atoms with van der Waals surface area (Å²) in [6.45, 7) is 9.05. The second-order valence-electron chi connectivity index (χ2n) is 8.99. The maximum atomic E-state index is 5.59. The number of ether oxygens (including phenoxy) is 2. The number of nitrogens with zero attached hydrogens (tertiary/aromatic N) is 2. The summed E-state index contributed by atoms with van der Waals surface area (Å²) in [4.78, 5) is 2.40. The molecule has 5 heteroatoms. The first-order valence-electron chi connectivity index (χ1n) is 11.1. The highest BCUT2D eigenvalue weighted by Crippen LogP contribution is 2.56. The minimum atomic E-state index is 0. The van der Waals surface area contributed by atoms with E-state index in [0.29, 0.717) is 5.54 Å². The molecule has 0 saturated heterocycles. The highest BCUT2D eigenvalue weighted by Gasteiger charge is 2.56. The molecule has 1 N–H and O–H groups in total. The van der Waals surface area contributed by atoms with Crippen molar-refractivity contribution in [1.82, 2.24) is 0 Å². The van der Waals surface area contributed by atoms with E-state index in [1.807, 2.05) is 0 Å². The third-order valence-electron chi connectivity index (χ3n) is 7.15. The van der Waals surface area contributed by atoms with Gasteiger partial charge < -0.3 is 19.8 Å². The minimum Gasteiger partial charge on any atom is -0.870 e. The number of anilines is 1. The molecule has 0 radical (unpaired) electrons. The Labute approximate surface area is 170 Å². The van der Waals surface area contributed by atoms with Crippen molar-refractivity contribution in [2.45, 2.75) is 57.9 Å². The molecule has 28 heavy (non-hydrogen) atoms. The van der Waals surface area contributed by atoms with Crippen LogP contribution in [0.1, 0.15) is 52.4 Å². The summed E-state index contributed by atoms with van der Waals surface area (Å²) in [7, 11) is 0. The van der Waals surface area contributed by atoms with Gasteiger partial charge in [0, 0.05) is 63.4 Å². The lowest BCUT2D eigenvalue weighted by atomic mass is 9.53. The lowest BCUT2D eigenvalue weighted by Gasteiger charge is -2.53. The van der Waals surface area contributed by atoms with Gasteiger partial charge in [-0.25, -0.2) is 0 Å². The molecule has 158 valence electrons. The smallest absolute Gasteiger partial charge is 0.171 e. The fourth-order valence-corrected chi connectivity index (χ4v) is 6.33. The Morgan fingerprint density at radius 3 is 1.79 bits per heavy atom. The second-order valence-corrected chi connectivity index (χ2v) is 8.99. The zero-order valence-electron chi connectivity index (χ0n) is 17.7. The normalized spacial score (nSPS) is 30.3. The van der Waals surface area contributed by atoms with Crippen LogP contribution in [-0.2, 0) is 15.0 Å². The molecule has 4 fully saturated rings. The zero-order valence-corrected chi connectivity index (χ0v) is 17.7. The van der Waals surface area contributed by atoms with E-state index in [9.17, 15) is 0 Å². The van der Waals surface area contributed by atoms with Crippen LogP contribution in [0, 0.1) is 17.8 Å². The van der Waals surface area contributed by atoms with E-state index in [0.717, 1.165) is 57.3 Å². The van der Waals surface area contributed by atoms with Gasteiger partial charge in [0.1, 0.15) is 0 Å². The molecule has 1 aromatic heterocycles. The van der Waals surface area contributed by atoms with Crippen LogP contribution in [0.4, 0.5) is 5.69 Å². The molecule has 0 atom stereocenters. The standard InChI is InChI=1S/C23H37N2O2.H2O/c1-3-26-11-9-24(10-12-27-4-2)22-5-7-25(8-6-22)23-16-19-13-20(17-23)15-21(14-19)18-23;/h5-8,19-21H,3-4,9-18H2,1-2H3;1H2/q+1;/p-1. The van der Waals surface area contributed by atoms with Crippen LogP contribution in [-0.4, -0.2) is 45.0 Å². The van der Waals surface area contributed by atoms with Crippen molar-refractivity contribution in [3.05, 3.63) is 24.5 Å². The summed E-state index contributed by atoms with van der Waals surface area (Å²) >= 11 is 0. The molecule has 4 bridgehead atoms. The maximum absolute atomic E-state index is 5.59. The Bertz CT molecular complexity index is 559. The Balaban J connectivity index is 0.00000225. The Hall–Kier alpha value is -1.17. The van der Waals surface area contributed by atoms with Gasteiger partial charge in [-0.2, -0.15) is 4.57 Å². The zero-order chi connectivity index (χ0) is 18.7. The molecule has 5 rings (SSSR count). The van der Waals surface area contributed by atoms with Crippen LogP contribution < -0.4 is 9.47 Å². The van der Waals surface area contributed by atoms with Crippen LogP contribution >= 0.6 is 0 Å². The van der Waals surface area contributed by atoms with Crippen LogP contribution in [0.25, 0.3) is 0 Å². The fraction of sp³-hybridized carbons (Fsp3) is 0.783. The van der Waals surface area contributed by atoms with Crippen molar-refractivity contribution in [3.63, 3.8) is 0 Å². The highest BCUT2D eigenvalue weighted by molar-refractivity contribution is 5.43. The van der Waals surface area contributed by atoms with Gasteiger partial charge in [-0.05, 0) is 50.9 Å². The fourth-order valence-electron chi connectivity index (χ4n) is 6.33. The van der Waals surface area contributed by atoms with E-state index in [-0.39, 0.29) is 5.48 Å². The Morgan fingerprint density at radius 2 is 1.36 bits per heavy atom. The SMILES string of the molecule is CCOCCN(CCOCC)c1cc[n+](C23CC4CC(CC(C4)C2)C3)cc1.[OH-]. The first kappa shape index (κ1) is 21.5. The van der Waals surface area contributed by atoms with Gasteiger partial charge in [0.25, 0.3) is 0 Å². The lowest BCUT2D eigenvalue weighted by molar-refractivity contribution is -0.776. The molecule has 4 aliphatic carbocycles. The second kappa shape index (κ2) is 9.55. The molecule has 4 aliphatic rings. The van der Waals surface area contributed by atoms with E-state index < -0.39 is 0 Å². The van der Waals surface area contributed by atoms with Crippen LogP contribution in [0.3, 0.4) is 0 Å². The summed E-state index contributed by atoms with van der Waals surface area (Å²) in [5, 5.41) is 0. The van der Waals surface area contributed by atoms with E-state index in [1.165, 1.54) is 44.2 Å². The van der Waals surface area contributed by atoms with E-state index >= 15 is 0 Å². The van der Waals surface area contributed by atoms with Gasteiger partial charge >= 0.3 is 0 Å². The lowest BCUT2D eigenvalue weighted by Crippen LogP contribution is -2.64. The third-order valence-corrected chi connectivity index (χ3v) is 7.15. The van der Waals surface area contributed by atoms with Crippen molar-refractivity contribution in [2.75, 3.05) is 44.4 Å². The van der Waals surface area contributed by atoms with Crippen molar-refractivity contribution < 1.29 is 19.5 Å². The number of hydrogen-bond donors (Lipinski definition) is 0. The number of hydrogen-bond acceptors (Lipinski definition) is 4. The highest BCUT2D eigenvalue weighted by atomic mass is 16.5. The molecule has 1 heterocycles. The molecule has 4 saturated carbocycles. The van der Waals surface area contributed by atoms with Crippen LogP contribution in [0.5, 0.6) is 0 Å². The number of rotatable bonds is 10. The van der Waals surface area contributed by atoms with Crippen LogP contribution in [0.15, 0.2) is 24.5 Å². The Kier molecular flexibility index (Phi) is 7.35. The van der Waals surface area contributed by atoms with Gasteiger partial charge in [0.2, 0.25) is 0 Å². The van der Waals surface area contributed by atoms with Gasteiger partial charge in [0.05, 0.1) is 13.2 Å². The van der Waals surface area contributed by atoms with Crippen molar-refractivity contribution in [2.24, 2.45) is 17.8 Å². The molecular formula is C23H38N2O3. The first-order chi connectivity index (χ1) is 13.2. The molecule has 0 aliphatic heterocycles. The van der Waals surface area contributed by atoms with Gasteiger partial charge in [0.15, 0.2) is 17.9 Å². The number of aromatic nitrogens is 1. The molecule has 0 aromatic carbocycles. The van der Waals surface area contributed by atoms with Crippen molar-refractivity contribution >= 4 is 5.69 Å². The summed E-state index contributed by atoms with van der Waals surface area (Å²) in [5.74, 6) is 2.95. The molecular weight excluding hydrogens is 352 g/mol. The average molecular weight is 391 g/mol. The van der Waals surface area contributed by atoms with Gasteiger partial charge in [-0.15, -0.1) is 0 Å². The largest absolute Gasteiger partial charge is 0.870 e. The van der Waals surface area contributed by atoms with E-state index in [4.69, 9.17) is 9.47 Å². The van der Waals surface area contributed by atoms with Gasteiger partial charge in [-0.1, -0.05) is 0 Å². The molecule has 1 aromatic rings. The van der Waals surface area contributed by atoms with Crippen molar-refractivity contribution in [1.29, 1.82) is 0 Å². The summed E-state index contributed by atoms with van der Waals surface area (Å²) in [6.07, 6.45) is 13.4. The van der Waals surface area contributed by atoms with E-state index in [2.05, 4.69) is 47.8 Å². The predicted octanol–water partition coefficient (Wildman–Crippen LogP) is 3.60. The Morgan fingerprint density at radius 1 is 0.893 bits per heavy atom. The topological polar surface area (TPSA) is 55.6 Å². The molecule has 0 amide bonds. The minimum absolute atomic E-state index is 0. The molecule has 5 nitrogen and oxygen atoms in total. The quantitative estimate of drug-likeness (QED) is 0.452. The monoisotopic (exact) mass is 390 g/mol.